The summed E-state index contributed by atoms with van der Waals surface area (Å²) in [5, 5.41) is 2.95. The maximum Gasteiger partial charge on any atom is 0.204 e. The van der Waals surface area contributed by atoms with Gasteiger partial charge in [0.05, 0.1) is 9.80 Å². The van der Waals surface area contributed by atoms with Crippen molar-refractivity contribution in [3.8, 4) is 0 Å². The molecule has 1 aliphatic rings. The molecule has 0 aromatic heterocycles. The van der Waals surface area contributed by atoms with Crippen molar-refractivity contribution in [1.82, 2.24) is 5.32 Å². The van der Waals surface area contributed by atoms with E-state index in [4.69, 9.17) is 0 Å². The third-order valence-corrected chi connectivity index (χ3v) is 5.27. The number of likely N-dealkylation sites (N-methyl/N-ethyl adjacent to an activating group) is 1. The Hall–Kier alpha value is -0.650. The van der Waals surface area contributed by atoms with Gasteiger partial charge in [0.25, 0.3) is 0 Å². The van der Waals surface area contributed by atoms with E-state index >= 15 is 0 Å². The zero-order valence-corrected chi connectivity index (χ0v) is 11.4. The lowest BCUT2D eigenvalue weighted by atomic mass is 10.2. The summed E-state index contributed by atoms with van der Waals surface area (Å²) in [6, 6.07) is 5.04. The highest BCUT2D eigenvalue weighted by atomic mass is 79.9. The average Bonchev–Trinajstić information content (AvgIpc) is 2.49. The minimum Gasteiger partial charge on any atom is -0.313 e. The van der Waals surface area contributed by atoms with Gasteiger partial charge in [0.15, 0.2) is 0 Å². The SMILES string of the molecule is CNC(C)C1=Cc2cc(Br)ccc2S1(=O)=O. The third kappa shape index (κ3) is 1.73. The van der Waals surface area contributed by atoms with Gasteiger partial charge in [0, 0.05) is 10.5 Å². The first kappa shape index (κ1) is 11.8. The molecule has 1 unspecified atom stereocenters. The number of hydrogen-bond acceptors (Lipinski definition) is 3. The van der Waals surface area contributed by atoms with Crippen molar-refractivity contribution in [2.45, 2.75) is 17.9 Å². The van der Waals surface area contributed by atoms with Crippen molar-refractivity contribution in [3.63, 3.8) is 0 Å². The zero-order chi connectivity index (χ0) is 11.9. The Bertz CT molecular complexity index is 563. The molecule has 0 amide bonds. The van der Waals surface area contributed by atoms with Crippen LogP contribution in [0, 0.1) is 0 Å². The summed E-state index contributed by atoms with van der Waals surface area (Å²) >= 11 is 3.34. The van der Waals surface area contributed by atoms with E-state index in [-0.39, 0.29) is 6.04 Å². The standard InChI is InChI=1S/C11H12BrNO2S/c1-7(13-2)11-6-8-5-9(12)3-4-10(8)16(11,14)15/h3-7,13H,1-2H3. The number of hydrogen-bond donors (Lipinski definition) is 1. The van der Waals surface area contributed by atoms with E-state index in [1.807, 2.05) is 13.0 Å². The summed E-state index contributed by atoms with van der Waals surface area (Å²) < 4.78 is 25.2. The van der Waals surface area contributed by atoms with Gasteiger partial charge in [-0.25, -0.2) is 8.42 Å². The van der Waals surface area contributed by atoms with Crippen LogP contribution in [0.1, 0.15) is 12.5 Å². The molecule has 1 aliphatic heterocycles. The van der Waals surface area contributed by atoms with Gasteiger partial charge >= 0.3 is 0 Å². The van der Waals surface area contributed by atoms with Gasteiger partial charge < -0.3 is 5.32 Å². The summed E-state index contributed by atoms with van der Waals surface area (Å²) in [4.78, 5) is 0.830. The lowest BCUT2D eigenvalue weighted by molar-refractivity contribution is 0.595. The molecule has 0 fully saturated rings. The molecule has 1 aromatic carbocycles. The van der Waals surface area contributed by atoms with E-state index in [9.17, 15) is 8.42 Å². The van der Waals surface area contributed by atoms with Crippen LogP contribution in [-0.2, 0) is 9.84 Å². The highest BCUT2D eigenvalue weighted by Gasteiger charge is 2.32. The van der Waals surface area contributed by atoms with Gasteiger partial charge in [-0.05, 0) is 43.8 Å². The molecule has 1 heterocycles. The third-order valence-electron chi connectivity index (χ3n) is 2.73. The Morgan fingerprint density at radius 3 is 2.69 bits per heavy atom. The molecule has 3 nitrogen and oxygen atoms in total. The maximum absolute atomic E-state index is 12.2. The fourth-order valence-corrected chi connectivity index (χ4v) is 3.91. The first-order valence-electron chi connectivity index (χ1n) is 4.90. The molecule has 16 heavy (non-hydrogen) atoms. The summed E-state index contributed by atoms with van der Waals surface area (Å²) in [5.74, 6) is 0. The van der Waals surface area contributed by atoms with E-state index in [0.717, 1.165) is 10.0 Å². The van der Waals surface area contributed by atoms with E-state index in [1.54, 1.807) is 25.3 Å². The molecule has 0 aliphatic carbocycles. The predicted molar refractivity (Wildman–Crippen MR) is 67.8 cm³/mol. The molecule has 0 bridgehead atoms. The molecule has 1 atom stereocenters. The second-order valence-electron chi connectivity index (χ2n) is 3.74. The molecule has 5 heteroatoms. The van der Waals surface area contributed by atoms with Crippen LogP contribution in [0.4, 0.5) is 0 Å². The molecule has 0 radical (unpaired) electrons. The largest absolute Gasteiger partial charge is 0.313 e. The Kier molecular flexibility index (Phi) is 2.94. The lowest BCUT2D eigenvalue weighted by Crippen LogP contribution is -2.26. The average molecular weight is 302 g/mol. The van der Waals surface area contributed by atoms with E-state index in [1.165, 1.54) is 0 Å². The van der Waals surface area contributed by atoms with Crippen LogP contribution >= 0.6 is 15.9 Å². The lowest BCUT2D eigenvalue weighted by Gasteiger charge is -2.11. The number of nitrogens with one attached hydrogen (secondary N) is 1. The van der Waals surface area contributed by atoms with Crippen molar-refractivity contribution < 1.29 is 8.42 Å². The minimum absolute atomic E-state index is 0.170. The van der Waals surface area contributed by atoms with Crippen LogP contribution in [0.25, 0.3) is 6.08 Å². The summed E-state index contributed by atoms with van der Waals surface area (Å²) in [5.41, 5.74) is 0.756. The van der Waals surface area contributed by atoms with Crippen LogP contribution in [0.15, 0.2) is 32.5 Å². The molecule has 1 N–H and O–H groups in total. The van der Waals surface area contributed by atoms with Crippen LogP contribution in [0.2, 0.25) is 0 Å². The summed E-state index contributed by atoms with van der Waals surface area (Å²) in [6.45, 7) is 1.84. The fourth-order valence-electron chi connectivity index (χ4n) is 1.73. The number of sulfone groups is 1. The molecule has 0 saturated heterocycles. The van der Waals surface area contributed by atoms with E-state index in [2.05, 4.69) is 21.2 Å². The minimum atomic E-state index is -3.30. The molecular weight excluding hydrogens is 290 g/mol. The number of benzene rings is 1. The highest BCUT2D eigenvalue weighted by Crippen LogP contribution is 2.35. The summed E-state index contributed by atoms with van der Waals surface area (Å²) in [6.07, 6.45) is 1.73. The second-order valence-corrected chi connectivity index (χ2v) is 6.58. The number of rotatable bonds is 2. The highest BCUT2D eigenvalue weighted by molar-refractivity contribution is 9.10. The number of fused-ring (bicyclic) bond motifs is 1. The van der Waals surface area contributed by atoms with Gasteiger partial charge in [-0.1, -0.05) is 15.9 Å². The van der Waals surface area contributed by atoms with Crippen LogP contribution in [0.3, 0.4) is 0 Å². The topological polar surface area (TPSA) is 46.2 Å². The monoisotopic (exact) mass is 301 g/mol. The molecule has 0 spiro atoms. The Morgan fingerprint density at radius 1 is 1.38 bits per heavy atom. The zero-order valence-electron chi connectivity index (χ0n) is 8.99. The van der Waals surface area contributed by atoms with Gasteiger partial charge in [-0.15, -0.1) is 0 Å². The predicted octanol–water partition coefficient (Wildman–Crippen LogP) is 2.19. The normalized spacial score (nSPS) is 19.1. The Balaban J connectivity index is 2.61. The first-order chi connectivity index (χ1) is 7.46. The van der Waals surface area contributed by atoms with Crippen molar-refractivity contribution in [1.29, 1.82) is 0 Å². The van der Waals surface area contributed by atoms with E-state index < -0.39 is 9.84 Å². The molecular formula is C11H12BrNO2S. The van der Waals surface area contributed by atoms with Crippen LogP contribution in [-0.4, -0.2) is 21.5 Å². The van der Waals surface area contributed by atoms with E-state index in [0.29, 0.717) is 9.80 Å². The molecule has 1 aromatic rings. The van der Waals surface area contributed by atoms with Gasteiger partial charge in [0.2, 0.25) is 9.84 Å². The Labute approximate surface area is 104 Å². The van der Waals surface area contributed by atoms with Crippen LogP contribution < -0.4 is 5.32 Å². The smallest absolute Gasteiger partial charge is 0.204 e. The van der Waals surface area contributed by atoms with Crippen molar-refractivity contribution in [2.75, 3.05) is 7.05 Å². The fraction of sp³-hybridized carbons (Fsp3) is 0.273. The van der Waals surface area contributed by atoms with Crippen LogP contribution in [0.5, 0.6) is 0 Å². The Morgan fingerprint density at radius 2 is 2.06 bits per heavy atom. The second kappa shape index (κ2) is 3.98. The van der Waals surface area contributed by atoms with Crippen molar-refractivity contribution in [2.24, 2.45) is 0 Å². The molecule has 2 rings (SSSR count). The first-order valence-corrected chi connectivity index (χ1v) is 7.18. The van der Waals surface area contributed by atoms with Gasteiger partial charge in [-0.2, -0.15) is 0 Å². The summed E-state index contributed by atoms with van der Waals surface area (Å²) in [7, 11) is -1.55. The van der Waals surface area contributed by atoms with Crippen molar-refractivity contribution >= 4 is 31.8 Å². The molecule has 0 saturated carbocycles. The van der Waals surface area contributed by atoms with Gasteiger partial charge in [0.1, 0.15) is 0 Å². The molecule has 86 valence electrons. The maximum atomic E-state index is 12.2. The quantitative estimate of drug-likeness (QED) is 0.911. The number of halogens is 1. The van der Waals surface area contributed by atoms with Gasteiger partial charge in [-0.3, -0.25) is 0 Å². The van der Waals surface area contributed by atoms with Crippen molar-refractivity contribution in [3.05, 3.63) is 33.1 Å².